The minimum Gasteiger partial charge on any atom is -0.388 e. The lowest BCUT2D eigenvalue weighted by atomic mass is 9.80. The number of aryl methyl sites for hydroxylation is 1. The van der Waals surface area contributed by atoms with Crippen LogP contribution in [0.1, 0.15) is 23.1 Å². The molecule has 0 bridgehead atoms. The van der Waals surface area contributed by atoms with Crippen LogP contribution >= 0.6 is 11.6 Å². The predicted molar refractivity (Wildman–Crippen MR) is 95.5 cm³/mol. The zero-order chi connectivity index (χ0) is 17.2. The van der Waals surface area contributed by atoms with E-state index in [0.717, 1.165) is 12.0 Å². The molecule has 1 unspecified atom stereocenters. The van der Waals surface area contributed by atoms with Crippen LogP contribution < -0.4 is 4.72 Å². The van der Waals surface area contributed by atoms with E-state index in [2.05, 4.69) is 10.8 Å². The Kier molecular flexibility index (Phi) is 4.97. The molecule has 4 nitrogen and oxygen atoms in total. The van der Waals surface area contributed by atoms with E-state index in [1.807, 2.05) is 18.2 Å². The van der Waals surface area contributed by atoms with Crippen LogP contribution in [0.25, 0.3) is 0 Å². The lowest BCUT2D eigenvalue weighted by Crippen LogP contribution is -2.46. The van der Waals surface area contributed by atoms with E-state index in [-0.39, 0.29) is 12.3 Å². The maximum atomic E-state index is 12.3. The molecule has 2 aromatic rings. The summed E-state index contributed by atoms with van der Waals surface area (Å²) in [5.41, 5.74) is 1.88. The van der Waals surface area contributed by atoms with Gasteiger partial charge < -0.3 is 5.11 Å². The van der Waals surface area contributed by atoms with Crippen LogP contribution in [0.4, 0.5) is 0 Å². The molecule has 0 radical (unpaired) electrons. The third-order valence-corrected chi connectivity index (χ3v) is 5.90. The largest absolute Gasteiger partial charge is 0.388 e. The molecule has 24 heavy (non-hydrogen) atoms. The molecule has 0 aromatic heterocycles. The molecule has 2 aromatic carbocycles. The fourth-order valence-corrected chi connectivity index (χ4v) is 4.50. The zero-order valence-electron chi connectivity index (χ0n) is 13.2. The summed E-state index contributed by atoms with van der Waals surface area (Å²) in [6, 6.07) is 14.7. The Morgan fingerprint density at radius 1 is 1.12 bits per heavy atom. The normalized spacial score (nSPS) is 20.6. The highest BCUT2D eigenvalue weighted by Gasteiger charge is 2.33. The number of aliphatic hydroxyl groups is 1. The summed E-state index contributed by atoms with van der Waals surface area (Å²) in [6.07, 6.45) is 1.76. The Hall–Kier alpha value is -1.40. The minimum atomic E-state index is -3.53. The number of halogens is 1. The first-order chi connectivity index (χ1) is 11.4. The van der Waals surface area contributed by atoms with Gasteiger partial charge in [0, 0.05) is 18.0 Å². The topological polar surface area (TPSA) is 66.4 Å². The van der Waals surface area contributed by atoms with Crippen LogP contribution in [0.3, 0.4) is 0 Å². The Morgan fingerprint density at radius 2 is 1.88 bits per heavy atom. The Morgan fingerprint density at radius 3 is 2.62 bits per heavy atom. The number of fused-ring (bicyclic) bond motifs is 1. The predicted octanol–water partition coefficient (Wildman–Crippen LogP) is 2.68. The average molecular weight is 366 g/mol. The van der Waals surface area contributed by atoms with Gasteiger partial charge in [-0.2, -0.15) is 0 Å². The summed E-state index contributed by atoms with van der Waals surface area (Å²) >= 11 is 5.89. The molecule has 0 heterocycles. The van der Waals surface area contributed by atoms with Crippen LogP contribution in [-0.4, -0.2) is 25.7 Å². The van der Waals surface area contributed by atoms with E-state index in [0.29, 0.717) is 23.4 Å². The van der Waals surface area contributed by atoms with E-state index in [1.54, 1.807) is 24.3 Å². The monoisotopic (exact) mass is 365 g/mol. The summed E-state index contributed by atoms with van der Waals surface area (Å²) in [6.45, 7) is 0.0181. The number of hydrogen-bond donors (Lipinski definition) is 2. The van der Waals surface area contributed by atoms with Crippen molar-refractivity contribution in [1.82, 2.24) is 4.72 Å². The van der Waals surface area contributed by atoms with Gasteiger partial charge in [-0.3, -0.25) is 0 Å². The van der Waals surface area contributed by atoms with Crippen molar-refractivity contribution >= 4 is 21.6 Å². The highest BCUT2D eigenvalue weighted by Crippen LogP contribution is 2.28. The summed E-state index contributed by atoms with van der Waals surface area (Å²) in [7, 11) is -3.53. The van der Waals surface area contributed by atoms with Crippen molar-refractivity contribution < 1.29 is 13.5 Å². The van der Waals surface area contributed by atoms with E-state index >= 15 is 0 Å². The van der Waals surface area contributed by atoms with Crippen LogP contribution in [0.2, 0.25) is 5.02 Å². The molecule has 0 saturated heterocycles. The first kappa shape index (κ1) is 17.4. The molecule has 0 amide bonds. The summed E-state index contributed by atoms with van der Waals surface area (Å²) < 4.78 is 27.1. The number of rotatable bonds is 5. The van der Waals surface area contributed by atoms with E-state index in [4.69, 9.17) is 11.6 Å². The van der Waals surface area contributed by atoms with Crippen molar-refractivity contribution in [2.24, 2.45) is 0 Å². The van der Waals surface area contributed by atoms with Gasteiger partial charge in [0.15, 0.2) is 0 Å². The first-order valence-corrected chi connectivity index (χ1v) is 9.89. The number of nitrogens with one attached hydrogen (secondary N) is 1. The van der Waals surface area contributed by atoms with E-state index in [1.165, 1.54) is 5.56 Å². The molecular formula is C18H20ClNO3S. The molecule has 1 aliphatic carbocycles. The molecular weight excluding hydrogens is 346 g/mol. The molecule has 0 saturated carbocycles. The minimum absolute atomic E-state index is 0.0181. The van der Waals surface area contributed by atoms with Crippen molar-refractivity contribution in [3.63, 3.8) is 0 Å². The maximum absolute atomic E-state index is 12.3. The highest BCUT2D eigenvalue weighted by molar-refractivity contribution is 7.88. The van der Waals surface area contributed by atoms with Gasteiger partial charge in [0.1, 0.15) is 0 Å². The van der Waals surface area contributed by atoms with Gasteiger partial charge in [0.2, 0.25) is 10.0 Å². The first-order valence-electron chi connectivity index (χ1n) is 7.86. The van der Waals surface area contributed by atoms with Crippen molar-refractivity contribution in [2.45, 2.75) is 30.6 Å². The van der Waals surface area contributed by atoms with Crippen LogP contribution in [0.5, 0.6) is 0 Å². The lowest BCUT2D eigenvalue weighted by Gasteiger charge is -2.33. The molecule has 3 rings (SSSR count). The standard InChI is InChI=1S/C18H20ClNO3S/c19-17-7-3-4-14(10-17)12-24(22,23)20-13-18(21)9-8-15-5-1-2-6-16(15)11-18/h1-7,10,20-21H,8-9,11-13H2. The third-order valence-electron chi connectivity index (χ3n) is 4.36. The molecule has 0 aliphatic heterocycles. The van der Waals surface area contributed by atoms with Gasteiger partial charge in [0.25, 0.3) is 0 Å². The van der Waals surface area contributed by atoms with Gasteiger partial charge in [-0.25, -0.2) is 13.1 Å². The smallest absolute Gasteiger partial charge is 0.215 e. The lowest BCUT2D eigenvalue weighted by molar-refractivity contribution is 0.0317. The number of hydrogen-bond acceptors (Lipinski definition) is 3. The van der Waals surface area contributed by atoms with E-state index in [9.17, 15) is 13.5 Å². The molecule has 1 atom stereocenters. The summed E-state index contributed by atoms with van der Waals surface area (Å²) in [5.74, 6) is -0.153. The van der Waals surface area contributed by atoms with Crippen LogP contribution in [0, 0.1) is 0 Å². The quantitative estimate of drug-likeness (QED) is 0.856. The van der Waals surface area contributed by atoms with Crippen LogP contribution in [0.15, 0.2) is 48.5 Å². The fourth-order valence-electron chi connectivity index (χ4n) is 3.08. The Balaban J connectivity index is 1.64. The number of benzene rings is 2. The van der Waals surface area contributed by atoms with Crippen molar-refractivity contribution in [3.8, 4) is 0 Å². The third kappa shape index (κ3) is 4.36. The van der Waals surface area contributed by atoms with Gasteiger partial charge in [-0.15, -0.1) is 0 Å². The van der Waals surface area contributed by atoms with Gasteiger partial charge in [-0.1, -0.05) is 48.0 Å². The summed E-state index contributed by atoms with van der Waals surface area (Å²) in [5, 5.41) is 11.2. The second-order valence-electron chi connectivity index (χ2n) is 6.38. The molecule has 6 heteroatoms. The van der Waals surface area contributed by atoms with Crippen molar-refractivity contribution in [1.29, 1.82) is 0 Å². The zero-order valence-corrected chi connectivity index (χ0v) is 14.8. The Labute approximate surface area is 147 Å². The van der Waals surface area contributed by atoms with Crippen molar-refractivity contribution in [3.05, 3.63) is 70.2 Å². The molecule has 0 spiro atoms. The summed E-state index contributed by atoms with van der Waals surface area (Å²) in [4.78, 5) is 0. The van der Waals surface area contributed by atoms with Gasteiger partial charge in [0.05, 0.1) is 11.4 Å². The van der Waals surface area contributed by atoms with Gasteiger partial charge in [-0.05, 0) is 41.7 Å². The SMILES string of the molecule is O=S(=O)(Cc1cccc(Cl)c1)NCC1(O)CCc2ccccc2C1. The van der Waals surface area contributed by atoms with Crippen LogP contribution in [-0.2, 0) is 28.6 Å². The van der Waals surface area contributed by atoms with Crippen molar-refractivity contribution in [2.75, 3.05) is 6.54 Å². The molecule has 2 N–H and O–H groups in total. The molecule has 0 fully saturated rings. The molecule has 1 aliphatic rings. The Bertz CT molecular complexity index is 838. The van der Waals surface area contributed by atoms with Gasteiger partial charge >= 0.3 is 0 Å². The second kappa shape index (κ2) is 6.84. The average Bonchev–Trinajstić information content (AvgIpc) is 2.53. The fraction of sp³-hybridized carbons (Fsp3) is 0.333. The molecule has 128 valence electrons. The maximum Gasteiger partial charge on any atom is 0.215 e. The highest BCUT2D eigenvalue weighted by atomic mass is 35.5. The van der Waals surface area contributed by atoms with E-state index < -0.39 is 15.6 Å². The number of sulfonamides is 1. The second-order valence-corrected chi connectivity index (χ2v) is 8.62.